The van der Waals surface area contributed by atoms with Crippen LogP contribution in [-0.4, -0.2) is 33.9 Å². The maximum Gasteiger partial charge on any atom is 0.268 e. The molecular formula is C6H9BrN4O2. The van der Waals surface area contributed by atoms with Gasteiger partial charge in [-0.3, -0.25) is 9.89 Å². The summed E-state index contributed by atoms with van der Waals surface area (Å²) in [7, 11) is 0. The van der Waals surface area contributed by atoms with Crippen molar-refractivity contribution in [2.75, 3.05) is 13.1 Å². The minimum Gasteiger partial charge on any atom is -0.493 e. The molecule has 1 aliphatic heterocycles. The van der Waals surface area contributed by atoms with Crippen LogP contribution >= 0.6 is 17.0 Å². The van der Waals surface area contributed by atoms with Gasteiger partial charge in [-0.15, -0.1) is 17.0 Å². The average molecular weight is 249 g/mol. The Labute approximate surface area is 84.0 Å². The summed E-state index contributed by atoms with van der Waals surface area (Å²) in [4.78, 5) is 14.8. The predicted molar refractivity (Wildman–Crippen MR) is 52.7 cm³/mol. The number of nitrogens with one attached hydrogen (secondary N) is 2. The highest BCUT2D eigenvalue weighted by molar-refractivity contribution is 8.93. The van der Waals surface area contributed by atoms with Gasteiger partial charge >= 0.3 is 0 Å². The number of H-pyrrole nitrogens is 1. The van der Waals surface area contributed by atoms with E-state index < -0.39 is 0 Å². The van der Waals surface area contributed by atoms with Crippen LogP contribution < -0.4 is 10.9 Å². The van der Waals surface area contributed by atoms with E-state index in [1.807, 2.05) is 0 Å². The van der Waals surface area contributed by atoms with Crippen LogP contribution in [0.2, 0.25) is 0 Å². The lowest BCUT2D eigenvalue weighted by molar-refractivity contribution is 0.437. The summed E-state index contributed by atoms with van der Waals surface area (Å²) < 4.78 is 1.22. The second-order valence-electron chi connectivity index (χ2n) is 2.45. The van der Waals surface area contributed by atoms with Crippen LogP contribution in [0, 0.1) is 0 Å². The van der Waals surface area contributed by atoms with E-state index in [1.165, 1.54) is 4.68 Å². The maximum absolute atomic E-state index is 10.7. The molecule has 6 nitrogen and oxygen atoms in total. The molecule has 0 amide bonds. The molecule has 3 N–H and O–H groups in total. The molecular weight excluding hydrogens is 240 g/mol. The molecule has 0 bridgehead atoms. The molecule has 0 unspecified atom stereocenters. The van der Waals surface area contributed by atoms with Crippen molar-refractivity contribution in [1.82, 2.24) is 15.1 Å². The minimum absolute atomic E-state index is 0. The van der Waals surface area contributed by atoms with Crippen LogP contribution in [0.1, 0.15) is 0 Å². The topological polar surface area (TPSA) is 82.4 Å². The highest BCUT2D eigenvalue weighted by Gasteiger charge is 2.11. The van der Waals surface area contributed by atoms with Crippen LogP contribution in [-0.2, 0) is 0 Å². The SMILES string of the molecule is Br.O=c1cc(O)n(C2=NCCN2)[nH]1. The quantitative estimate of drug-likeness (QED) is 0.566. The van der Waals surface area contributed by atoms with E-state index in [9.17, 15) is 9.90 Å². The first-order chi connectivity index (χ1) is 5.77. The highest BCUT2D eigenvalue weighted by atomic mass is 79.9. The predicted octanol–water partition coefficient (Wildman–Crippen LogP) is -0.733. The molecule has 7 heteroatoms. The second-order valence-corrected chi connectivity index (χ2v) is 2.45. The summed E-state index contributed by atoms with van der Waals surface area (Å²) >= 11 is 0. The lowest BCUT2D eigenvalue weighted by Crippen LogP contribution is -2.27. The summed E-state index contributed by atoms with van der Waals surface area (Å²) in [5.74, 6) is 0.350. The standard InChI is InChI=1S/C6H8N4O2.BrH/c11-4-3-5(12)10(9-4)6-7-1-2-8-6;/h3,12H,1-2H2,(H,7,8)(H,9,11);1H. The van der Waals surface area contributed by atoms with E-state index in [1.54, 1.807) is 0 Å². The molecule has 0 saturated heterocycles. The van der Waals surface area contributed by atoms with Gasteiger partial charge in [0.2, 0.25) is 11.8 Å². The molecule has 1 aromatic rings. The van der Waals surface area contributed by atoms with Crippen LogP contribution in [0.3, 0.4) is 0 Å². The number of aromatic hydroxyl groups is 1. The Morgan fingerprint density at radius 2 is 2.38 bits per heavy atom. The molecule has 13 heavy (non-hydrogen) atoms. The van der Waals surface area contributed by atoms with Crippen LogP contribution in [0.4, 0.5) is 0 Å². The van der Waals surface area contributed by atoms with E-state index >= 15 is 0 Å². The van der Waals surface area contributed by atoms with Gasteiger partial charge in [0.15, 0.2) is 0 Å². The molecule has 1 aromatic heterocycles. The van der Waals surface area contributed by atoms with Crippen LogP contribution in [0.5, 0.6) is 5.88 Å². The van der Waals surface area contributed by atoms with Gasteiger partial charge in [-0.25, -0.2) is 4.99 Å². The van der Waals surface area contributed by atoms with Gasteiger partial charge in [0.05, 0.1) is 12.6 Å². The summed E-state index contributed by atoms with van der Waals surface area (Å²) in [5.41, 5.74) is -0.344. The third-order valence-corrected chi connectivity index (χ3v) is 1.58. The number of aromatic nitrogens is 2. The lowest BCUT2D eigenvalue weighted by atomic mass is 10.7. The van der Waals surface area contributed by atoms with Gasteiger partial charge in [-0.2, -0.15) is 4.68 Å². The molecule has 72 valence electrons. The number of hydrogen-bond donors (Lipinski definition) is 3. The normalized spacial score (nSPS) is 14.6. The van der Waals surface area contributed by atoms with Gasteiger partial charge in [-0.05, 0) is 0 Å². The molecule has 2 rings (SSSR count). The number of aromatic amines is 1. The summed E-state index contributed by atoms with van der Waals surface area (Å²) in [5, 5.41) is 14.5. The van der Waals surface area contributed by atoms with Gasteiger partial charge in [-0.1, -0.05) is 0 Å². The van der Waals surface area contributed by atoms with Crippen molar-refractivity contribution in [3.63, 3.8) is 0 Å². The number of rotatable bonds is 0. The maximum atomic E-state index is 10.7. The Balaban J connectivity index is 0.000000845. The largest absolute Gasteiger partial charge is 0.493 e. The van der Waals surface area contributed by atoms with Gasteiger partial charge in [0, 0.05) is 6.54 Å². The van der Waals surface area contributed by atoms with Gasteiger partial charge < -0.3 is 10.4 Å². The zero-order valence-electron chi connectivity index (χ0n) is 6.65. The lowest BCUT2D eigenvalue weighted by Gasteiger charge is -2.02. The smallest absolute Gasteiger partial charge is 0.268 e. The summed E-state index contributed by atoms with van der Waals surface area (Å²) in [6.07, 6.45) is 0. The Kier molecular flexibility index (Phi) is 2.76. The van der Waals surface area contributed by atoms with Crippen molar-refractivity contribution >= 4 is 22.9 Å². The van der Waals surface area contributed by atoms with Crippen molar-refractivity contribution in [3.8, 4) is 5.88 Å². The molecule has 0 aromatic carbocycles. The van der Waals surface area contributed by atoms with Crippen molar-refractivity contribution in [3.05, 3.63) is 16.4 Å². The van der Waals surface area contributed by atoms with Crippen molar-refractivity contribution in [2.45, 2.75) is 0 Å². The fraction of sp³-hybridized carbons (Fsp3) is 0.333. The fourth-order valence-corrected chi connectivity index (χ4v) is 1.08. The van der Waals surface area contributed by atoms with Crippen molar-refractivity contribution in [2.24, 2.45) is 4.99 Å². The second kappa shape index (κ2) is 3.65. The molecule has 0 atom stereocenters. The van der Waals surface area contributed by atoms with Crippen LogP contribution in [0.25, 0.3) is 0 Å². The van der Waals surface area contributed by atoms with E-state index in [2.05, 4.69) is 15.4 Å². The Morgan fingerprint density at radius 1 is 1.62 bits per heavy atom. The summed E-state index contributed by atoms with van der Waals surface area (Å²) in [6.45, 7) is 1.39. The summed E-state index contributed by atoms with van der Waals surface area (Å²) in [6, 6.07) is 1.10. The zero-order chi connectivity index (χ0) is 8.55. The fourth-order valence-electron chi connectivity index (χ4n) is 1.08. The zero-order valence-corrected chi connectivity index (χ0v) is 8.36. The first-order valence-corrected chi connectivity index (χ1v) is 3.57. The third kappa shape index (κ3) is 1.74. The third-order valence-electron chi connectivity index (χ3n) is 1.58. The van der Waals surface area contributed by atoms with Gasteiger partial charge in [0.1, 0.15) is 0 Å². The molecule has 0 saturated carbocycles. The molecule has 0 radical (unpaired) electrons. The van der Waals surface area contributed by atoms with Crippen LogP contribution in [0.15, 0.2) is 15.9 Å². The first kappa shape index (κ1) is 9.85. The van der Waals surface area contributed by atoms with E-state index in [-0.39, 0.29) is 28.4 Å². The highest BCUT2D eigenvalue weighted by Crippen LogP contribution is 2.02. The molecule has 1 aliphatic rings. The monoisotopic (exact) mass is 248 g/mol. The average Bonchev–Trinajstić information content (AvgIpc) is 2.58. The Morgan fingerprint density at radius 3 is 2.85 bits per heavy atom. The molecule has 0 spiro atoms. The minimum atomic E-state index is -0.344. The number of hydrogen-bond acceptors (Lipinski definition) is 4. The number of halogens is 1. The molecule has 0 fully saturated rings. The number of aliphatic imine (C=N–C) groups is 1. The Hall–Kier alpha value is -1.24. The van der Waals surface area contributed by atoms with E-state index in [0.717, 1.165) is 12.6 Å². The van der Waals surface area contributed by atoms with Crippen molar-refractivity contribution < 1.29 is 5.11 Å². The van der Waals surface area contributed by atoms with E-state index in [0.29, 0.717) is 12.5 Å². The van der Waals surface area contributed by atoms with Gasteiger partial charge in [0.25, 0.3) is 5.56 Å². The molecule has 2 heterocycles. The molecule has 0 aliphatic carbocycles. The van der Waals surface area contributed by atoms with Crippen molar-refractivity contribution in [1.29, 1.82) is 0 Å². The first-order valence-electron chi connectivity index (χ1n) is 3.57. The Bertz CT molecular complexity index is 380. The number of nitrogens with zero attached hydrogens (tertiary/aromatic N) is 2. The van der Waals surface area contributed by atoms with E-state index in [4.69, 9.17) is 0 Å².